The van der Waals surface area contributed by atoms with Gasteiger partial charge in [-0.3, -0.25) is 4.79 Å². The number of aryl methyl sites for hydroxylation is 1. The van der Waals surface area contributed by atoms with Crippen LogP contribution in [0.5, 0.6) is 5.75 Å². The summed E-state index contributed by atoms with van der Waals surface area (Å²) in [5, 5.41) is 3.37. The van der Waals surface area contributed by atoms with Crippen LogP contribution < -0.4 is 15.8 Å². The summed E-state index contributed by atoms with van der Waals surface area (Å²) in [5.41, 5.74) is 7.47. The van der Waals surface area contributed by atoms with Crippen molar-refractivity contribution in [2.75, 3.05) is 7.11 Å². The van der Waals surface area contributed by atoms with Crippen molar-refractivity contribution in [3.05, 3.63) is 76.8 Å². The highest BCUT2D eigenvalue weighted by molar-refractivity contribution is 5.98. The Labute approximate surface area is 204 Å². The van der Waals surface area contributed by atoms with E-state index in [1.165, 1.54) is 24.8 Å². The number of pyridine rings is 1. The highest BCUT2D eigenvalue weighted by atomic mass is 19.4. The Kier molecular flexibility index (Phi) is 6.13. The van der Waals surface area contributed by atoms with Crippen molar-refractivity contribution in [2.45, 2.75) is 38.0 Å². The molecule has 2 aromatic carbocycles. The monoisotopic (exact) mass is 496 g/mol. The fraction of sp³-hybridized carbons (Fsp3) is 0.269. The van der Waals surface area contributed by atoms with Gasteiger partial charge < -0.3 is 20.2 Å². The van der Waals surface area contributed by atoms with Gasteiger partial charge in [-0.1, -0.05) is 24.3 Å². The predicted molar refractivity (Wildman–Crippen MR) is 126 cm³/mol. The Morgan fingerprint density at radius 3 is 2.72 bits per heavy atom. The highest BCUT2D eigenvalue weighted by Gasteiger charge is 2.33. The SMILES string of the molecule is COc1ccc(-c2nc(C(=O)NC3CCCc4ccccc43)c(CN)o2)c2ccc(C(F)(F)F)nc12. The van der Waals surface area contributed by atoms with E-state index in [9.17, 15) is 18.0 Å². The number of methoxy groups -OCH3 is 1. The largest absolute Gasteiger partial charge is 0.494 e. The number of fused-ring (bicyclic) bond motifs is 2. The number of alkyl halides is 3. The van der Waals surface area contributed by atoms with Gasteiger partial charge in [-0.25, -0.2) is 9.97 Å². The van der Waals surface area contributed by atoms with E-state index < -0.39 is 17.8 Å². The van der Waals surface area contributed by atoms with E-state index in [-0.39, 0.29) is 41.2 Å². The highest BCUT2D eigenvalue weighted by Crippen LogP contribution is 2.37. The molecule has 1 aliphatic carbocycles. The summed E-state index contributed by atoms with van der Waals surface area (Å²) in [6.45, 7) is -0.0818. The second kappa shape index (κ2) is 9.27. The average Bonchev–Trinajstić information content (AvgIpc) is 3.32. The summed E-state index contributed by atoms with van der Waals surface area (Å²) >= 11 is 0. The second-order valence-corrected chi connectivity index (χ2v) is 8.52. The summed E-state index contributed by atoms with van der Waals surface area (Å²) in [7, 11) is 1.35. The quantitative estimate of drug-likeness (QED) is 0.395. The van der Waals surface area contributed by atoms with Gasteiger partial charge in [0.2, 0.25) is 5.89 Å². The van der Waals surface area contributed by atoms with Gasteiger partial charge in [0.1, 0.15) is 17.0 Å². The molecule has 4 aromatic rings. The van der Waals surface area contributed by atoms with E-state index in [4.69, 9.17) is 14.9 Å². The number of nitrogens with two attached hydrogens (primary N) is 1. The Hall–Kier alpha value is -3.92. The van der Waals surface area contributed by atoms with E-state index in [0.29, 0.717) is 10.9 Å². The zero-order chi connectivity index (χ0) is 25.4. The topological polar surface area (TPSA) is 103 Å². The number of hydrogen-bond acceptors (Lipinski definition) is 6. The van der Waals surface area contributed by atoms with Crippen molar-refractivity contribution in [1.82, 2.24) is 15.3 Å². The van der Waals surface area contributed by atoms with Crippen LogP contribution in [-0.2, 0) is 19.1 Å². The van der Waals surface area contributed by atoms with E-state index in [1.807, 2.05) is 18.2 Å². The molecule has 1 amide bonds. The van der Waals surface area contributed by atoms with Crippen LogP contribution in [0.2, 0.25) is 0 Å². The number of ether oxygens (including phenoxy) is 1. The second-order valence-electron chi connectivity index (χ2n) is 8.52. The van der Waals surface area contributed by atoms with E-state index in [1.54, 1.807) is 6.07 Å². The maximum Gasteiger partial charge on any atom is 0.433 e. The van der Waals surface area contributed by atoms with Gasteiger partial charge >= 0.3 is 6.18 Å². The van der Waals surface area contributed by atoms with Crippen molar-refractivity contribution < 1.29 is 27.1 Å². The van der Waals surface area contributed by atoms with Crippen LogP contribution in [0.3, 0.4) is 0 Å². The number of nitrogens with one attached hydrogen (secondary N) is 1. The Balaban J connectivity index is 1.52. The van der Waals surface area contributed by atoms with Crippen molar-refractivity contribution in [1.29, 1.82) is 0 Å². The summed E-state index contributed by atoms with van der Waals surface area (Å²) in [4.78, 5) is 21.4. The maximum atomic E-state index is 13.3. The number of rotatable bonds is 5. The van der Waals surface area contributed by atoms with Gasteiger partial charge in [0.05, 0.1) is 19.7 Å². The minimum absolute atomic E-state index is 0.00198. The number of benzene rings is 2. The van der Waals surface area contributed by atoms with Gasteiger partial charge in [0.25, 0.3) is 5.91 Å². The number of carbonyl (C=O) groups is 1. The van der Waals surface area contributed by atoms with Gasteiger partial charge in [-0.2, -0.15) is 13.2 Å². The first-order valence-corrected chi connectivity index (χ1v) is 11.4. The molecule has 5 rings (SSSR count). The average molecular weight is 496 g/mol. The Bertz CT molecular complexity index is 1450. The number of halogens is 3. The normalized spacial score (nSPS) is 15.5. The first-order valence-electron chi connectivity index (χ1n) is 11.4. The molecule has 1 aliphatic rings. The van der Waals surface area contributed by atoms with Crippen molar-refractivity contribution in [3.8, 4) is 17.2 Å². The van der Waals surface area contributed by atoms with E-state index in [2.05, 4.69) is 21.4 Å². The third kappa shape index (κ3) is 4.28. The molecular weight excluding hydrogens is 473 g/mol. The Morgan fingerprint density at radius 1 is 1.17 bits per heavy atom. The molecule has 0 spiro atoms. The van der Waals surface area contributed by atoms with Crippen molar-refractivity contribution in [3.63, 3.8) is 0 Å². The summed E-state index contributed by atoms with van der Waals surface area (Å²) in [6, 6.07) is 13.1. The third-order valence-electron chi connectivity index (χ3n) is 6.33. The molecular formula is C26H23F3N4O3. The fourth-order valence-corrected chi connectivity index (χ4v) is 4.61. The molecule has 1 atom stereocenters. The van der Waals surface area contributed by atoms with E-state index >= 15 is 0 Å². The lowest BCUT2D eigenvalue weighted by Gasteiger charge is -2.26. The molecule has 2 heterocycles. The molecule has 0 aliphatic heterocycles. The minimum Gasteiger partial charge on any atom is -0.494 e. The Morgan fingerprint density at radius 2 is 1.97 bits per heavy atom. The standard InChI is InChI=1S/C26H23F3N4O3/c1-35-19-11-9-17(16-10-12-21(26(27,28)29)32-22(16)19)25-33-23(20(13-30)36-25)24(34)31-18-8-4-6-14-5-2-3-7-15(14)18/h2-3,5,7,9-12,18H,4,6,8,13,30H2,1H3,(H,31,34). The molecule has 3 N–H and O–H groups in total. The van der Waals surface area contributed by atoms with Crippen LogP contribution in [0.25, 0.3) is 22.4 Å². The summed E-state index contributed by atoms with van der Waals surface area (Å²) in [6.07, 6.45) is -1.92. The third-order valence-corrected chi connectivity index (χ3v) is 6.33. The number of hydrogen-bond donors (Lipinski definition) is 2. The molecule has 0 saturated heterocycles. The van der Waals surface area contributed by atoms with Crippen LogP contribution in [0.1, 0.15) is 52.0 Å². The van der Waals surface area contributed by atoms with Crippen molar-refractivity contribution >= 4 is 16.8 Å². The first-order chi connectivity index (χ1) is 17.3. The smallest absolute Gasteiger partial charge is 0.433 e. The van der Waals surface area contributed by atoms with Crippen LogP contribution in [0.4, 0.5) is 13.2 Å². The molecule has 2 aromatic heterocycles. The maximum absolute atomic E-state index is 13.3. The van der Waals surface area contributed by atoms with Crippen LogP contribution in [0.15, 0.2) is 52.9 Å². The summed E-state index contributed by atoms with van der Waals surface area (Å²) in [5.74, 6) is -0.0314. The molecule has 0 radical (unpaired) electrons. The summed E-state index contributed by atoms with van der Waals surface area (Å²) < 4.78 is 50.8. The molecule has 0 saturated carbocycles. The molecule has 0 fully saturated rings. The fourth-order valence-electron chi connectivity index (χ4n) is 4.61. The molecule has 0 bridgehead atoms. The molecule has 7 nitrogen and oxygen atoms in total. The van der Waals surface area contributed by atoms with Crippen LogP contribution in [0, 0.1) is 0 Å². The van der Waals surface area contributed by atoms with E-state index in [0.717, 1.165) is 30.9 Å². The lowest BCUT2D eigenvalue weighted by atomic mass is 9.87. The van der Waals surface area contributed by atoms with Gasteiger partial charge in [-0.05, 0) is 54.7 Å². The lowest BCUT2D eigenvalue weighted by Crippen LogP contribution is -2.32. The molecule has 1 unspecified atom stereocenters. The molecule has 36 heavy (non-hydrogen) atoms. The van der Waals surface area contributed by atoms with Crippen LogP contribution >= 0.6 is 0 Å². The van der Waals surface area contributed by atoms with Crippen molar-refractivity contribution in [2.24, 2.45) is 5.73 Å². The zero-order valence-corrected chi connectivity index (χ0v) is 19.4. The number of nitrogens with zero attached hydrogens (tertiary/aromatic N) is 2. The van der Waals surface area contributed by atoms with Crippen LogP contribution in [-0.4, -0.2) is 23.0 Å². The number of carbonyl (C=O) groups excluding carboxylic acids is 1. The first kappa shape index (κ1) is 23.8. The van der Waals surface area contributed by atoms with Gasteiger partial charge in [0.15, 0.2) is 11.5 Å². The zero-order valence-electron chi connectivity index (χ0n) is 19.4. The number of oxazole rings is 1. The predicted octanol–water partition coefficient (Wildman–Crippen LogP) is 5.18. The number of aromatic nitrogens is 2. The van der Waals surface area contributed by atoms with Gasteiger partial charge in [-0.15, -0.1) is 0 Å². The molecule has 10 heteroatoms. The van der Waals surface area contributed by atoms with Gasteiger partial charge in [0, 0.05) is 10.9 Å². The molecule has 186 valence electrons. The lowest BCUT2D eigenvalue weighted by molar-refractivity contribution is -0.140. The minimum atomic E-state index is -4.62. The number of amides is 1.